The summed E-state index contributed by atoms with van der Waals surface area (Å²) in [5.41, 5.74) is 0. The minimum atomic E-state index is 0.939. The first-order valence-corrected chi connectivity index (χ1v) is 6.02. The Bertz CT molecular complexity index is 109. The first-order valence-electron chi connectivity index (χ1n) is 5.13. The van der Waals surface area contributed by atoms with Crippen molar-refractivity contribution in [3.05, 3.63) is 0 Å². The molecule has 0 spiro atoms. The molecule has 1 unspecified atom stereocenters. The second kappa shape index (κ2) is 5.90. The van der Waals surface area contributed by atoms with E-state index in [9.17, 15) is 0 Å². The summed E-state index contributed by atoms with van der Waals surface area (Å²) in [6, 6.07) is 0. The highest BCUT2D eigenvalue weighted by atomic mass is 31.1. The molecular weight excluding hydrogens is 167 g/mol. The Morgan fingerprint density at radius 1 is 1.08 bits per heavy atom. The van der Waals surface area contributed by atoms with E-state index in [-0.39, 0.29) is 0 Å². The van der Waals surface area contributed by atoms with Crippen LogP contribution in [0.2, 0.25) is 0 Å². The zero-order valence-corrected chi connectivity index (χ0v) is 9.34. The van der Waals surface area contributed by atoms with Gasteiger partial charge < -0.3 is 0 Å². The van der Waals surface area contributed by atoms with Gasteiger partial charge in [-0.15, -0.1) is 0 Å². The van der Waals surface area contributed by atoms with Crippen molar-refractivity contribution in [1.82, 2.24) is 9.34 Å². The molecule has 2 nitrogen and oxygen atoms in total. The lowest BCUT2D eigenvalue weighted by molar-refractivity contribution is 0.351. The molecule has 0 aromatic rings. The molecule has 0 aromatic heterocycles. The molecule has 0 N–H and O–H groups in total. The summed E-state index contributed by atoms with van der Waals surface area (Å²) in [5.74, 6) is 0. The van der Waals surface area contributed by atoms with Crippen LogP contribution < -0.4 is 0 Å². The molecule has 72 valence electrons. The van der Waals surface area contributed by atoms with E-state index in [4.69, 9.17) is 0 Å². The van der Waals surface area contributed by atoms with Crippen LogP contribution in [-0.2, 0) is 0 Å². The van der Waals surface area contributed by atoms with Gasteiger partial charge in [0, 0.05) is 35.1 Å². The van der Waals surface area contributed by atoms with Crippen LogP contribution in [0.3, 0.4) is 0 Å². The molecule has 0 bridgehead atoms. The second-order valence-electron chi connectivity index (χ2n) is 3.32. The molecule has 0 saturated carbocycles. The SMILES string of the molecule is CCN(CC)PN1CCCCC1. The zero-order valence-electron chi connectivity index (χ0n) is 8.34. The quantitative estimate of drug-likeness (QED) is 0.625. The summed E-state index contributed by atoms with van der Waals surface area (Å²) in [7, 11) is 0.939. The molecule has 0 aromatic carbocycles. The first kappa shape index (κ1) is 10.4. The van der Waals surface area contributed by atoms with Crippen molar-refractivity contribution in [2.45, 2.75) is 33.1 Å². The topological polar surface area (TPSA) is 6.48 Å². The molecule has 3 heteroatoms. The molecule has 0 radical (unpaired) electrons. The van der Waals surface area contributed by atoms with Gasteiger partial charge in [0.05, 0.1) is 0 Å². The minimum Gasteiger partial charge on any atom is -0.273 e. The number of nitrogens with zero attached hydrogens (tertiary/aromatic N) is 2. The van der Waals surface area contributed by atoms with Gasteiger partial charge in [-0.2, -0.15) is 0 Å². The average Bonchev–Trinajstić information content (AvgIpc) is 2.16. The Balaban J connectivity index is 2.18. The summed E-state index contributed by atoms with van der Waals surface area (Å²) in [6.07, 6.45) is 4.27. The Kier molecular flexibility index (Phi) is 5.13. The molecule has 1 fully saturated rings. The van der Waals surface area contributed by atoms with Gasteiger partial charge in [0.1, 0.15) is 0 Å². The Morgan fingerprint density at radius 2 is 1.67 bits per heavy atom. The van der Waals surface area contributed by atoms with E-state index in [1.165, 1.54) is 45.4 Å². The summed E-state index contributed by atoms with van der Waals surface area (Å²) in [5, 5.41) is 0. The molecule has 1 atom stereocenters. The molecule has 12 heavy (non-hydrogen) atoms. The van der Waals surface area contributed by atoms with Gasteiger partial charge in [0.25, 0.3) is 0 Å². The lowest BCUT2D eigenvalue weighted by Gasteiger charge is -2.31. The van der Waals surface area contributed by atoms with Gasteiger partial charge in [0.2, 0.25) is 0 Å². The van der Waals surface area contributed by atoms with Crippen molar-refractivity contribution < 1.29 is 0 Å². The maximum atomic E-state index is 2.61. The van der Waals surface area contributed by atoms with E-state index in [0.717, 1.165) is 8.88 Å². The van der Waals surface area contributed by atoms with E-state index in [0.29, 0.717) is 0 Å². The van der Waals surface area contributed by atoms with E-state index >= 15 is 0 Å². The van der Waals surface area contributed by atoms with Crippen LogP contribution in [0.1, 0.15) is 33.1 Å². The molecule has 1 heterocycles. The van der Waals surface area contributed by atoms with E-state index in [2.05, 4.69) is 23.2 Å². The Morgan fingerprint density at radius 3 is 2.17 bits per heavy atom. The van der Waals surface area contributed by atoms with Crippen LogP contribution in [0.4, 0.5) is 0 Å². The molecule has 1 aliphatic heterocycles. The monoisotopic (exact) mass is 188 g/mol. The predicted octanol–water partition coefficient (Wildman–Crippen LogP) is 2.32. The molecule has 0 amide bonds. The highest BCUT2D eigenvalue weighted by Gasteiger charge is 2.11. The van der Waals surface area contributed by atoms with E-state index in [1.807, 2.05) is 0 Å². The number of hydrogen-bond donors (Lipinski definition) is 0. The highest BCUT2D eigenvalue weighted by Crippen LogP contribution is 2.26. The normalized spacial score (nSPS) is 21.2. The summed E-state index contributed by atoms with van der Waals surface area (Å²) < 4.78 is 5.13. The fraction of sp³-hybridized carbons (Fsp3) is 1.00. The van der Waals surface area contributed by atoms with Crippen LogP contribution in [0.5, 0.6) is 0 Å². The van der Waals surface area contributed by atoms with Gasteiger partial charge in [-0.05, 0) is 12.8 Å². The van der Waals surface area contributed by atoms with Crippen LogP contribution in [0, 0.1) is 0 Å². The minimum absolute atomic E-state index is 0.939. The lowest BCUT2D eigenvalue weighted by Crippen LogP contribution is -2.27. The van der Waals surface area contributed by atoms with Crippen molar-refractivity contribution >= 4 is 8.88 Å². The summed E-state index contributed by atoms with van der Waals surface area (Å²) in [6.45, 7) is 9.56. The zero-order chi connectivity index (χ0) is 8.81. The maximum absolute atomic E-state index is 2.61. The molecule has 0 aliphatic carbocycles. The van der Waals surface area contributed by atoms with E-state index in [1.54, 1.807) is 0 Å². The molecule has 1 rings (SSSR count). The smallest absolute Gasteiger partial charge is 0.0240 e. The van der Waals surface area contributed by atoms with Gasteiger partial charge in [-0.3, -0.25) is 9.34 Å². The largest absolute Gasteiger partial charge is 0.273 e. The standard InChI is InChI=1S/C9H21N2P/c1-3-10(4-2)12-11-8-6-5-7-9-11/h12H,3-9H2,1-2H3. The number of hydrogen-bond acceptors (Lipinski definition) is 2. The van der Waals surface area contributed by atoms with Gasteiger partial charge in [0.15, 0.2) is 0 Å². The summed E-state index contributed by atoms with van der Waals surface area (Å²) >= 11 is 0. The van der Waals surface area contributed by atoms with Gasteiger partial charge >= 0.3 is 0 Å². The fourth-order valence-corrected chi connectivity index (χ4v) is 2.76. The lowest BCUT2D eigenvalue weighted by atomic mass is 10.2. The Labute approximate surface area is 78.2 Å². The van der Waals surface area contributed by atoms with Crippen LogP contribution >= 0.6 is 8.88 Å². The van der Waals surface area contributed by atoms with Crippen LogP contribution in [-0.4, -0.2) is 35.5 Å². The number of rotatable bonds is 4. The highest BCUT2D eigenvalue weighted by molar-refractivity contribution is 7.32. The summed E-state index contributed by atoms with van der Waals surface area (Å²) in [4.78, 5) is 0. The molecule has 1 saturated heterocycles. The van der Waals surface area contributed by atoms with E-state index < -0.39 is 0 Å². The first-order chi connectivity index (χ1) is 5.86. The van der Waals surface area contributed by atoms with Crippen molar-refractivity contribution in [1.29, 1.82) is 0 Å². The maximum Gasteiger partial charge on any atom is 0.0240 e. The van der Waals surface area contributed by atoms with Crippen molar-refractivity contribution in [3.63, 3.8) is 0 Å². The molecule has 1 aliphatic rings. The van der Waals surface area contributed by atoms with Crippen LogP contribution in [0.15, 0.2) is 0 Å². The molecular formula is C9H21N2P. The van der Waals surface area contributed by atoms with Gasteiger partial charge in [-0.1, -0.05) is 20.3 Å². The fourth-order valence-electron chi connectivity index (χ4n) is 1.56. The third-order valence-corrected chi connectivity index (χ3v) is 4.05. The Hall–Kier alpha value is 0.350. The van der Waals surface area contributed by atoms with Crippen molar-refractivity contribution in [2.24, 2.45) is 0 Å². The average molecular weight is 188 g/mol. The second-order valence-corrected chi connectivity index (χ2v) is 4.78. The third kappa shape index (κ3) is 3.38. The van der Waals surface area contributed by atoms with Crippen molar-refractivity contribution in [2.75, 3.05) is 26.2 Å². The van der Waals surface area contributed by atoms with Gasteiger partial charge in [-0.25, -0.2) is 0 Å². The predicted molar refractivity (Wildman–Crippen MR) is 56.7 cm³/mol. The van der Waals surface area contributed by atoms with Crippen LogP contribution in [0.25, 0.3) is 0 Å². The number of piperidine rings is 1. The van der Waals surface area contributed by atoms with Crippen molar-refractivity contribution in [3.8, 4) is 0 Å². The third-order valence-electron chi connectivity index (χ3n) is 2.40.